The van der Waals surface area contributed by atoms with Crippen molar-refractivity contribution in [3.63, 3.8) is 0 Å². The first-order valence-corrected chi connectivity index (χ1v) is 7.06. The van der Waals surface area contributed by atoms with Gasteiger partial charge in [0.2, 0.25) is 0 Å². The van der Waals surface area contributed by atoms with E-state index in [-0.39, 0.29) is 5.54 Å². The molecule has 20 heavy (non-hydrogen) atoms. The molecule has 0 radical (unpaired) electrons. The van der Waals surface area contributed by atoms with E-state index in [1.807, 2.05) is 13.1 Å². The average molecular weight is 275 g/mol. The summed E-state index contributed by atoms with van der Waals surface area (Å²) in [5, 5.41) is 15.1. The highest BCUT2D eigenvalue weighted by molar-refractivity contribution is 5.25. The van der Waals surface area contributed by atoms with Gasteiger partial charge in [0.25, 0.3) is 0 Å². The monoisotopic (exact) mass is 275 g/mol. The molecule has 2 aromatic rings. The molecule has 0 bridgehead atoms. The van der Waals surface area contributed by atoms with Crippen molar-refractivity contribution in [2.45, 2.75) is 60.2 Å². The SMILES string of the molecule is Cc1nn(C(C)(C)C)c(C)c1CNCc1cn[nH]c1C. The van der Waals surface area contributed by atoms with Crippen LogP contribution in [0.4, 0.5) is 0 Å². The molecule has 0 fully saturated rings. The highest BCUT2D eigenvalue weighted by atomic mass is 15.3. The summed E-state index contributed by atoms with van der Waals surface area (Å²) in [5.74, 6) is 0. The first-order valence-electron chi connectivity index (χ1n) is 7.06. The zero-order valence-electron chi connectivity index (χ0n) is 13.3. The largest absolute Gasteiger partial charge is 0.308 e. The fourth-order valence-electron chi connectivity index (χ4n) is 2.46. The predicted molar refractivity (Wildman–Crippen MR) is 80.6 cm³/mol. The summed E-state index contributed by atoms with van der Waals surface area (Å²) in [6.45, 7) is 14.5. The van der Waals surface area contributed by atoms with Crippen LogP contribution in [0.1, 0.15) is 49.0 Å². The van der Waals surface area contributed by atoms with Gasteiger partial charge in [-0.3, -0.25) is 9.78 Å². The number of H-pyrrole nitrogens is 1. The molecule has 0 aromatic carbocycles. The van der Waals surface area contributed by atoms with Crippen LogP contribution in [0.15, 0.2) is 6.20 Å². The molecule has 2 heterocycles. The van der Waals surface area contributed by atoms with Crippen molar-refractivity contribution in [2.24, 2.45) is 0 Å². The van der Waals surface area contributed by atoms with E-state index in [4.69, 9.17) is 0 Å². The van der Waals surface area contributed by atoms with Crippen molar-refractivity contribution in [2.75, 3.05) is 0 Å². The van der Waals surface area contributed by atoms with Crippen LogP contribution in [0.25, 0.3) is 0 Å². The summed E-state index contributed by atoms with van der Waals surface area (Å²) in [5.41, 5.74) is 6.00. The molecule has 0 unspecified atom stereocenters. The molecule has 0 atom stereocenters. The van der Waals surface area contributed by atoms with Crippen molar-refractivity contribution >= 4 is 0 Å². The topological polar surface area (TPSA) is 58.5 Å². The summed E-state index contributed by atoms with van der Waals surface area (Å²) in [7, 11) is 0. The Kier molecular flexibility index (Phi) is 3.99. The predicted octanol–water partition coefficient (Wildman–Crippen LogP) is 2.58. The van der Waals surface area contributed by atoms with E-state index in [0.717, 1.165) is 24.5 Å². The van der Waals surface area contributed by atoms with Crippen LogP contribution in [-0.2, 0) is 18.6 Å². The third-order valence-corrected chi connectivity index (χ3v) is 3.63. The van der Waals surface area contributed by atoms with Gasteiger partial charge in [-0.1, -0.05) is 0 Å². The maximum atomic E-state index is 4.67. The lowest BCUT2D eigenvalue weighted by Gasteiger charge is -2.21. The second-order valence-corrected chi connectivity index (χ2v) is 6.36. The lowest BCUT2D eigenvalue weighted by atomic mass is 10.1. The zero-order valence-corrected chi connectivity index (χ0v) is 13.3. The highest BCUT2D eigenvalue weighted by Gasteiger charge is 2.20. The van der Waals surface area contributed by atoms with E-state index >= 15 is 0 Å². The molecule has 0 spiro atoms. The van der Waals surface area contributed by atoms with Crippen molar-refractivity contribution in [1.29, 1.82) is 0 Å². The molecule has 5 heteroatoms. The molecule has 0 amide bonds. The van der Waals surface area contributed by atoms with Crippen LogP contribution >= 0.6 is 0 Å². The first-order chi connectivity index (χ1) is 9.30. The van der Waals surface area contributed by atoms with Crippen molar-refractivity contribution in [3.8, 4) is 0 Å². The number of rotatable bonds is 4. The van der Waals surface area contributed by atoms with Crippen LogP contribution in [0.5, 0.6) is 0 Å². The average Bonchev–Trinajstić information content (AvgIpc) is 2.86. The van der Waals surface area contributed by atoms with Crippen molar-refractivity contribution < 1.29 is 0 Å². The fraction of sp³-hybridized carbons (Fsp3) is 0.600. The molecule has 2 rings (SSSR count). The third-order valence-electron chi connectivity index (χ3n) is 3.63. The van der Waals surface area contributed by atoms with Crippen LogP contribution < -0.4 is 5.32 Å². The first kappa shape index (κ1) is 14.8. The molecule has 2 aromatic heterocycles. The Labute approximate surface area is 120 Å². The molecule has 0 saturated carbocycles. The summed E-state index contributed by atoms with van der Waals surface area (Å²) >= 11 is 0. The minimum Gasteiger partial charge on any atom is -0.308 e. The molecule has 110 valence electrons. The standard InChI is InChI=1S/C15H25N5/c1-10-13(8-17-18-10)7-16-9-14-11(2)19-20(12(14)3)15(4,5)6/h8,16H,7,9H2,1-6H3,(H,17,18). The zero-order chi connectivity index (χ0) is 14.9. The number of hydrogen-bond donors (Lipinski definition) is 2. The maximum absolute atomic E-state index is 4.67. The lowest BCUT2D eigenvalue weighted by Crippen LogP contribution is -2.24. The molecule has 0 aliphatic rings. The highest BCUT2D eigenvalue weighted by Crippen LogP contribution is 2.21. The van der Waals surface area contributed by atoms with E-state index in [1.54, 1.807) is 0 Å². The van der Waals surface area contributed by atoms with E-state index < -0.39 is 0 Å². The second kappa shape index (κ2) is 5.40. The Morgan fingerprint density at radius 2 is 1.90 bits per heavy atom. The van der Waals surface area contributed by atoms with Gasteiger partial charge in [-0.05, 0) is 41.5 Å². The van der Waals surface area contributed by atoms with E-state index in [1.165, 1.54) is 16.8 Å². The number of aromatic nitrogens is 4. The fourth-order valence-corrected chi connectivity index (χ4v) is 2.46. The number of aromatic amines is 1. The maximum Gasteiger partial charge on any atom is 0.0641 e. The Bertz CT molecular complexity index is 586. The molecule has 2 N–H and O–H groups in total. The van der Waals surface area contributed by atoms with Crippen LogP contribution in [-0.4, -0.2) is 20.0 Å². The minimum absolute atomic E-state index is 0.0221. The minimum atomic E-state index is 0.0221. The Hall–Kier alpha value is -1.62. The third kappa shape index (κ3) is 2.93. The Morgan fingerprint density at radius 1 is 1.20 bits per heavy atom. The van der Waals surface area contributed by atoms with Gasteiger partial charge >= 0.3 is 0 Å². The molecular weight excluding hydrogens is 250 g/mol. The van der Waals surface area contributed by atoms with Crippen molar-refractivity contribution in [1.82, 2.24) is 25.3 Å². The summed E-state index contributed by atoms with van der Waals surface area (Å²) in [6.07, 6.45) is 1.88. The number of nitrogens with zero attached hydrogens (tertiary/aromatic N) is 3. The van der Waals surface area contributed by atoms with Gasteiger partial charge in [0.05, 0.1) is 17.4 Å². The summed E-state index contributed by atoms with van der Waals surface area (Å²) in [6, 6.07) is 0. The Balaban J connectivity index is 2.07. The second-order valence-electron chi connectivity index (χ2n) is 6.36. The lowest BCUT2D eigenvalue weighted by molar-refractivity contribution is 0.346. The van der Waals surface area contributed by atoms with E-state index in [0.29, 0.717) is 0 Å². The molecule has 0 saturated heterocycles. The van der Waals surface area contributed by atoms with E-state index in [9.17, 15) is 0 Å². The van der Waals surface area contributed by atoms with Crippen molar-refractivity contribution in [3.05, 3.63) is 34.4 Å². The molecule has 0 aliphatic heterocycles. The van der Waals surface area contributed by atoms with Crippen LogP contribution in [0.3, 0.4) is 0 Å². The molecular formula is C15H25N5. The van der Waals surface area contributed by atoms with E-state index in [2.05, 4.69) is 59.9 Å². The quantitative estimate of drug-likeness (QED) is 0.901. The molecule has 5 nitrogen and oxygen atoms in total. The smallest absolute Gasteiger partial charge is 0.0641 e. The number of aryl methyl sites for hydroxylation is 2. The van der Waals surface area contributed by atoms with Gasteiger partial charge in [0.1, 0.15) is 0 Å². The van der Waals surface area contributed by atoms with Gasteiger partial charge in [-0.15, -0.1) is 0 Å². The summed E-state index contributed by atoms with van der Waals surface area (Å²) in [4.78, 5) is 0. The normalized spacial score (nSPS) is 12.1. The van der Waals surface area contributed by atoms with Crippen LogP contribution in [0, 0.1) is 20.8 Å². The summed E-state index contributed by atoms with van der Waals surface area (Å²) < 4.78 is 2.11. The van der Waals surface area contributed by atoms with Gasteiger partial charge in [-0.2, -0.15) is 10.2 Å². The van der Waals surface area contributed by atoms with Gasteiger partial charge < -0.3 is 5.32 Å². The molecule has 0 aliphatic carbocycles. The number of hydrogen-bond acceptors (Lipinski definition) is 3. The van der Waals surface area contributed by atoms with Crippen LogP contribution in [0.2, 0.25) is 0 Å². The van der Waals surface area contributed by atoms with Gasteiger partial charge in [0, 0.05) is 35.6 Å². The van der Waals surface area contributed by atoms with Gasteiger partial charge in [0.15, 0.2) is 0 Å². The number of nitrogens with one attached hydrogen (secondary N) is 2. The van der Waals surface area contributed by atoms with Gasteiger partial charge in [-0.25, -0.2) is 0 Å². The Morgan fingerprint density at radius 3 is 2.40 bits per heavy atom.